The van der Waals surface area contributed by atoms with E-state index in [4.69, 9.17) is 32.7 Å². The lowest BCUT2D eigenvalue weighted by atomic mass is 10.1. The molecular weight excluding hydrogens is 450 g/mol. The van der Waals surface area contributed by atoms with Gasteiger partial charge in [0.05, 0.1) is 22.3 Å². The van der Waals surface area contributed by atoms with Gasteiger partial charge < -0.3 is 9.47 Å². The summed E-state index contributed by atoms with van der Waals surface area (Å²) in [6.45, 7) is 3.68. The van der Waals surface area contributed by atoms with Crippen LogP contribution >= 0.6 is 34.5 Å². The molecule has 0 aliphatic heterocycles. The summed E-state index contributed by atoms with van der Waals surface area (Å²) in [6.07, 6.45) is 0.549. The Morgan fingerprint density at radius 2 is 1.83 bits per heavy atom. The number of hydrogen-bond donors (Lipinski definition) is 1. The van der Waals surface area contributed by atoms with Crippen molar-refractivity contribution in [3.8, 4) is 11.5 Å². The number of nitrogens with one attached hydrogen (secondary N) is 1. The molecule has 30 heavy (non-hydrogen) atoms. The Morgan fingerprint density at radius 1 is 1.13 bits per heavy atom. The van der Waals surface area contributed by atoms with Crippen LogP contribution in [0.1, 0.15) is 19.5 Å². The SMILES string of the molecule is CC(C)(Oc1ccc(Cl)c(Cl)c1)C(=O)Nc1nc(CCOc2ccc(F)cc2)cs1. The molecule has 1 aromatic heterocycles. The van der Waals surface area contributed by atoms with E-state index in [0.29, 0.717) is 39.7 Å². The van der Waals surface area contributed by atoms with Gasteiger partial charge >= 0.3 is 0 Å². The van der Waals surface area contributed by atoms with Gasteiger partial charge in [-0.2, -0.15) is 0 Å². The number of ether oxygens (including phenoxy) is 2. The number of anilines is 1. The molecule has 0 unspecified atom stereocenters. The second kappa shape index (κ2) is 9.64. The summed E-state index contributed by atoms with van der Waals surface area (Å²) in [5.41, 5.74) is -0.380. The van der Waals surface area contributed by atoms with Crippen LogP contribution in [0.5, 0.6) is 11.5 Å². The summed E-state index contributed by atoms with van der Waals surface area (Å²) in [6, 6.07) is 10.6. The monoisotopic (exact) mass is 468 g/mol. The fourth-order valence-electron chi connectivity index (χ4n) is 2.41. The molecule has 0 aliphatic carbocycles. The maximum atomic E-state index is 12.9. The van der Waals surface area contributed by atoms with Crippen LogP contribution in [-0.4, -0.2) is 23.1 Å². The first kappa shape index (κ1) is 22.3. The highest BCUT2D eigenvalue weighted by atomic mass is 35.5. The first-order valence-corrected chi connectivity index (χ1v) is 10.6. The van der Waals surface area contributed by atoms with Gasteiger partial charge in [0.2, 0.25) is 0 Å². The molecule has 5 nitrogen and oxygen atoms in total. The molecule has 0 radical (unpaired) electrons. The molecule has 3 aromatic rings. The summed E-state index contributed by atoms with van der Waals surface area (Å²) in [5, 5.41) is 5.82. The largest absolute Gasteiger partial charge is 0.493 e. The molecule has 1 amide bonds. The van der Waals surface area contributed by atoms with Crippen LogP contribution in [0, 0.1) is 5.82 Å². The van der Waals surface area contributed by atoms with Gasteiger partial charge in [0.15, 0.2) is 10.7 Å². The zero-order valence-corrected chi connectivity index (χ0v) is 18.6. The zero-order valence-electron chi connectivity index (χ0n) is 16.2. The maximum Gasteiger partial charge on any atom is 0.269 e. The molecule has 0 saturated heterocycles. The van der Waals surface area contributed by atoms with Crippen LogP contribution in [0.4, 0.5) is 9.52 Å². The predicted octanol–water partition coefficient (Wildman–Crippen LogP) is 6.01. The summed E-state index contributed by atoms with van der Waals surface area (Å²) in [5.74, 6) is 0.356. The summed E-state index contributed by atoms with van der Waals surface area (Å²) >= 11 is 13.2. The van der Waals surface area contributed by atoms with E-state index in [1.54, 1.807) is 44.2 Å². The van der Waals surface area contributed by atoms with E-state index in [1.807, 2.05) is 5.38 Å². The molecule has 158 valence electrons. The second-order valence-electron chi connectivity index (χ2n) is 6.84. The zero-order chi connectivity index (χ0) is 21.7. The number of carbonyl (C=O) groups excluding carboxylic acids is 1. The third-order valence-electron chi connectivity index (χ3n) is 4.02. The minimum Gasteiger partial charge on any atom is -0.493 e. The average molecular weight is 469 g/mol. The molecule has 0 spiro atoms. The van der Waals surface area contributed by atoms with Gasteiger partial charge in [0.25, 0.3) is 5.91 Å². The van der Waals surface area contributed by atoms with Crippen LogP contribution in [0.25, 0.3) is 0 Å². The van der Waals surface area contributed by atoms with Crippen molar-refractivity contribution in [1.82, 2.24) is 4.98 Å². The van der Waals surface area contributed by atoms with Gasteiger partial charge in [0.1, 0.15) is 17.3 Å². The molecule has 3 rings (SSSR count). The lowest BCUT2D eigenvalue weighted by Crippen LogP contribution is -2.42. The molecule has 0 fully saturated rings. The molecule has 2 aromatic carbocycles. The number of carbonyl (C=O) groups is 1. The predicted molar refractivity (Wildman–Crippen MR) is 118 cm³/mol. The highest BCUT2D eigenvalue weighted by Crippen LogP contribution is 2.29. The van der Waals surface area contributed by atoms with Crippen molar-refractivity contribution in [2.24, 2.45) is 0 Å². The van der Waals surface area contributed by atoms with Gasteiger partial charge in [-0.3, -0.25) is 10.1 Å². The minimum atomic E-state index is -1.16. The molecule has 0 aliphatic rings. The van der Waals surface area contributed by atoms with E-state index in [2.05, 4.69) is 10.3 Å². The molecule has 0 atom stereocenters. The fourth-order valence-corrected chi connectivity index (χ4v) is 3.44. The number of aromatic nitrogens is 1. The van der Waals surface area contributed by atoms with E-state index in [9.17, 15) is 9.18 Å². The summed E-state index contributed by atoms with van der Waals surface area (Å²) in [4.78, 5) is 17.0. The van der Waals surface area contributed by atoms with E-state index < -0.39 is 5.60 Å². The standard InChI is InChI=1S/C21H19Cl2FN2O3S/c1-21(2,29-16-7-8-17(22)18(23)11-16)19(27)26-20-25-14(12-30-20)9-10-28-15-5-3-13(24)4-6-15/h3-8,11-12H,9-10H2,1-2H3,(H,25,26,27). The number of nitrogens with zero attached hydrogens (tertiary/aromatic N) is 1. The van der Waals surface area contributed by atoms with Crippen LogP contribution in [0.2, 0.25) is 10.0 Å². The highest BCUT2D eigenvalue weighted by Gasteiger charge is 2.31. The minimum absolute atomic E-state index is 0.312. The Balaban J connectivity index is 1.52. The third kappa shape index (κ3) is 6.08. The normalized spacial score (nSPS) is 11.2. The fraction of sp³-hybridized carbons (Fsp3) is 0.238. The number of halogens is 3. The van der Waals surface area contributed by atoms with E-state index in [-0.39, 0.29) is 11.7 Å². The topological polar surface area (TPSA) is 60.5 Å². The summed E-state index contributed by atoms with van der Waals surface area (Å²) < 4.78 is 24.2. The quantitative estimate of drug-likeness (QED) is 0.439. The molecule has 1 N–H and O–H groups in total. The van der Waals surface area contributed by atoms with Crippen LogP contribution in [0.15, 0.2) is 47.8 Å². The first-order chi connectivity index (χ1) is 14.2. The van der Waals surface area contributed by atoms with Gasteiger partial charge in [-0.25, -0.2) is 9.37 Å². The van der Waals surface area contributed by atoms with Crippen molar-refractivity contribution in [2.45, 2.75) is 25.9 Å². The van der Waals surface area contributed by atoms with Crippen molar-refractivity contribution < 1.29 is 18.7 Å². The average Bonchev–Trinajstić information content (AvgIpc) is 3.13. The maximum absolute atomic E-state index is 12.9. The molecule has 0 bridgehead atoms. The van der Waals surface area contributed by atoms with Gasteiger partial charge in [0, 0.05) is 17.9 Å². The third-order valence-corrected chi connectivity index (χ3v) is 5.57. The van der Waals surface area contributed by atoms with Crippen LogP contribution in [0.3, 0.4) is 0 Å². The lowest BCUT2D eigenvalue weighted by molar-refractivity contribution is -0.128. The van der Waals surface area contributed by atoms with Gasteiger partial charge in [-0.05, 0) is 50.2 Å². The van der Waals surface area contributed by atoms with Gasteiger partial charge in [-0.15, -0.1) is 11.3 Å². The summed E-state index contributed by atoms with van der Waals surface area (Å²) in [7, 11) is 0. The smallest absolute Gasteiger partial charge is 0.269 e. The Hall–Kier alpha value is -2.35. The van der Waals surface area contributed by atoms with Crippen molar-refractivity contribution in [1.29, 1.82) is 0 Å². The number of hydrogen-bond acceptors (Lipinski definition) is 5. The van der Waals surface area contributed by atoms with E-state index in [0.717, 1.165) is 5.69 Å². The Kier molecular flexibility index (Phi) is 7.18. The van der Waals surface area contributed by atoms with Gasteiger partial charge in [-0.1, -0.05) is 23.2 Å². The highest BCUT2D eigenvalue weighted by molar-refractivity contribution is 7.13. The second-order valence-corrected chi connectivity index (χ2v) is 8.51. The Morgan fingerprint density at radius 3 is 2.53 bits per heavy atom. The number of benzene rings is 2. The molecule has 1 heterocycles. The molecule has 0 saturated carbocycles. The molecule has 9 heteroatoms. The lowest BCUT2D eigenvalue weighted by Gasteiger charge is -2.24. The van der Waals surface area contributed by atoms with Crippen LogP contribution in [-0.2, 0) is 11.2 Å². The van der Waals surface area contributed by atoms with E-state index in [1.165, 1.54) is 23.5 Å². The Bertz CT molecular complexity index is 1030. The first-order valence-electron chi connectivity index (χ1n) is 9.01. The Labute approximate surface area is 187 Å². The van der Waals surface area contributed by atoms with Crippen molar-refractivity contribution >= 4 is 45.6 Å². The number of amides is 1. The molecular formula is C21H19Cl2FN2O3S. The number of thiazole rings is 1. The van der Waals surface area contributed by atoms with Crippen molar-refractivity contribution in [2.75, 3.05) is 11.9 Å². The van der Waals surface area contributed by atoms with Crippen LogP contribution < -0.4 is 14.8 Å². The van der Waals surface area contributed by atoms with Crippen molar-refractivity contribution in [3.63, 3.8) is 0 Å². The number of rotatable bonds is 8. The van der Waals surface area contributed by atoms with Crippen molar-refractivity contribution in [3.05, 3.63) is 69.4 Å². The van der Waals surface area contributed by atoms with E-state index >= 15 is 0 Å².